The van der Waals surface area contributed by atoms with Gasteiger partial charge in [-0.2, -0.15) is 0 Å². The minimum atomic E-state index is -0.0740. The van der Waals surface area contributed by atoms with Gasteiger partial charge in [-0.3, -0.25) is 14.4 Å². The fourth-order valence-electron chi connectivity index (χ4n) is 3.85. The van der Waals surface area contributed by atoms with Crippen LogP contribution >= 0.6 is 11.3 Å². The highest BCUT2D eigenvalue weighted by atomic mass is 32.1. The molecule has 0 radical (unpaired) electrons. The predicted octanol–water partition coefficient (Wildman–Crippen LogP) is 4.27. The van der Waals surface area contributed by atoms with Crippen LogP contribution in [0.25, 0.3) is 0 Å². The summed E-state index contributed by atoms with van der Waals surface area (Å²) in [6, 6.07) is 18.4. The van der Waals surface area contributed by atoms with Crippen molar-refractivity contribution in [1.29, 1.82) is 0 Å². The van der Waals surface area contributed by atoms with Gasteiger partial charge in [0, 0.05) is 41.9 Å². The number of benzene rings is 2. The number of carbonyl (C=O) groups excluding carboxylic acids is 3. The van der Waals surface area contributed by atoms with Gasteiger partial charge in [0.1, 0.15) is 0 Å². The maximum atomic E-state index is 12.7. The number of carbonyl (C=O) groups is 3. The van der Waals surface area contributed by atoms with E-state index >= 15 is 0 Å². The van der Waals surface area contributed by atoms with Gasteiger partial charge in [0.05, 0.1) is 12.2 Å². The second-order valence-electron chi connectivity index (χ2n) is 8.21. The SMILES string of the molecule is O=C(CCCCCNC(=O)c1ccccc1)Nc1nc2c(s1)CN(C(=O)c1ccccc1)CC2. The Morgan fingerprint density at radius 3 is 2.35 bits per heavy atom. The fraction of sp³-hybridized carbons (Fsp3) is 0.308. The van der Waals surface area contributed by atoms with E-state index in [-0.39, 0.29) is 17.7 Å². The molecule has 34 heavy (non-hydrogen) atoms. The highest BCUT2D eigenvalue weighted by molar-refractivity contribution is 7.15. The molecule has 176 valence electrons. The van der Waals surface area contributed by atoms with Crippen LogP contribution in [0.2, 0.25) is 0 Å². The molecular weight excluding hydrogens is 448 g/mol. The van der Waals surface area contributed by atoms with E-state index in [2.05, 4.69) is 15.6 Å². The predicted molar refractivity (Wildman–Crippen MR) is 133 cm³/mol. The van der Waals surface area contributed by atoms with Crippen molar-refractivity contribution in [3.05, 3.63) is 82.4 Å². The molecule has 0 spiro atoms. The van der Waals surface area contributed by atoms with Crippen LogP contribution in [0.3, 0.4) is 0 Å². The fourth-order valence-corrected chi connectivity index (χ4v) is 4.89. The van der Waals surface area contributed by atoms with Crippen molar-refractivity contribution in [2.45, 2.75) is 38.6 Å². The number of hydrogen-bond donors (Lipinski definition) is 2. The zero-order chi connectivity index (χ0) is 23.8. The molecular formula is C26H28N4O3S. The van der Waals surface area contributed by atoms with Gasteiger partial charge in [-0.15, -0.1) is 0 Å². The highest BCUT2D eigenvalue weighted by Crippen LogP contribution is 2.29. The average molecular weight is 477 g/mol. The number of nitrogens with zero attached hydrogens (tertiary/aromatic N) is 2. The van der Waals surface area contributed by atoms with Gasteiger partial charge in [-0.05, 0) is 37.1 Å². The Kier molecular flexibility index (Phi) is 8.04. The number of nitrogens with one attached hydrogen (secondary N) is 2. The number of anilines is 1. The van der Waals surface area contributed by atoms with Crippen molar-refractivity contribution in [2.24, 2.45) is 0 Å². The first-order valence-corrected chi connectivity index (χ1v) is 12.4. The Hall–Kier alpha value is -3.52. The first-order valence-electron chi connectivity index (χ1n) is 11.6. The lowest BCUT2D eigenvalue weighted by Crippen LogP contribution is -2.35. The van der Waals surface area contributed by atoms with Gasteiger partial charge >= 0.3 is 0 Å². The summed E-state index contributed by atoms with van der Waals surface area (Å²) in [5, 5.41) is 6.40. The molecule has 1 aromatic heterocycles. The molecule has 0 saturated heterocycles. The second kappa shape index (κ2) is 11.6. The minimum Gasteiger partial charge on any atom is -0.352 e. The van der Waals surface area contributed by atoms with E-state index < -0.39 is 0 Å². The molecule has 1 aliphatic rings. The van der Waals surface area contributed by atoms with Crippen molar-refractivity contribution >= 4 is 34.2 Å². The Bertz CT molecular complexity index is 1130. The van der Waals surface area contributed by atoms with Crippen molar-refractivity contribution in [2.75, 3.05) is 18.4 Å². The van der Waals surface area contributed by atoms with Crippen LogP contribution in [-0.2, 0) is 17.8 Å². The van der Waals surface area contributed by atoms with E-state index in [0.717, 1.165) is 29.8 Å². The van der Waals surface area contributed by atoms with Gasteiger partial charge in [-0.1, -0.05) is 54.2 Å². The van der Waals surface area contributed by atoms with Crippen LogP contribution in [0.1, 0.15) is 57.0 Å². The largest absolute Gasteiger partial charge is 0.352 e. The molecule has 3 aromatic rings. The molecule has 3 amide bonds. The number of rotatable bonds is 9. The molecule has 0 bridgehead atoms. The lowest BCUT2D eigenvalue weighted by atomic mass is 10.1. The Balaban J connectivity index is 1.16. The van der Waals surface area contributed by atoms with E-state index in [1.807, 2.05) is 53.4 Å². The topological polar surface area (TPSA) is 91.4 Å². The normalized spacial score (nSPS) is 12.6. The standard InChI is InChI=1S/C26H28N4O3S/c31-23(14-8-3-9-16-27-24(32)19-10-4-1-5-11-19)29-26-28-21-15-17-30(18-22(21)34-26)25(33)20-12-6-2-7-13-20/h1-2,4-7,10-13H,3,8-9,14-18H2,(H,27,32)(H,28,29,31). The van der Waals surface area contributed by atoms with Crippen LogP contribution in [0.5, 0.6) is 0 Å². The second-order valence-corrected chi connectivity index (χ2v) is 9.30. The van der Waals surface area contributed by atoms with Crippen LogP contribution < -0.4 is 10.6 Å². The van der Waals surface area contributed by atoms with E-state index in [9.17, 15) is 14.4 Å². The van der Waals surface area contributed by atoms with Gasteiger partial charge in [0.2, 0.25) is 5.91 Å². The number of aromatic nitrogens is 1. The molecule has 2 heterocycles. The first kappa shape index (κ1) is 23.6. The van der Waals surface area contributed by atoms with Crippen LogP contribution in [-0.4, -0.2) is 40.7 Å². The van der Waals surface area contributed by atoms with Gasteiger partial charge in [0.25, 0.3) is 11.8 Å². The monoisotopic (exact) mass is 476 g/mol. The number of amides is 3. The molecule has 7 nitrogen and oxygen atoms in total. The van der Waals surface area contributed by atoms with Gasteiger partial charge < -0.3 is 15.5 Å². The summed E-state index contributed by atoms with van der Waals surface area (Å²) < 4.78 is 0. The maximum absolute atomic E-state index is 12.7. The number of fused-ring (bicyclic) bond motifs is 1. The zero-order valence-electron chi connectivity index (χ0n) is 19.0. The molecule has 0 unspecified atom stereocenters. The molecule has 2 aromatic carbocycles. The third-order valence-corrected chi connectivity index (χ3v) is 6.69. The van der Waals surface area contributed by atoms with E-state index in [0.29, 0.717) is 48.7 Å². The van der Waals surface area contributed by atoms with Crippen molar-refractivity contribution < 1.29 is 14.4 Å². The first-order chi connectivity index (χ1) is 16.6. The number of thiazole rings is 1. The third kappa shape index (κ3) is 6.29. The van der Waals surface area contributed by atoms with Crippen LogP contribution in [0.4, 0.5) is 5.13 Å². The number of hydrogen-bond acceptors (Lipinski definition) is 5. The lowest BCUT2D eigenvalue weighted by Gasteiger charge is -2.26. The van der Waals surface area contributed by atoms with E-state index in [1.165, 1.54) is 11.3 Å². The molecule has 2 N–H and O–H groups in total. The molecule has 1 aliphatic heterocycles. The van der Waals surface area contributed by atoms with Crippen molar-refractivity contribution in [1.82, 2.24) is 15.2 Å². The quantitative estimate of drug-likeness (QED) is 0.451. The average Bonchev–Trinajstić information content (AvgIpc) is 3.28. The summed E-state index contributed by atoms with van der Waals surface area (Å²) in [6.45, 7) is 1.73. The summed E-state index contributed by atoms with van der Waals surface area (Å²) in [6.07, 6.45) is 3.53. The Morgan fingerprint density at radius 2 is 1.62 bits per heavy atom. The highest BCUT2D eigenvalue weighted by Gasteiger charge is 2.25. The van der Waals surface area contributed by atoms with Crippen molar-refractivity contribution in [3.8, 4) is 0 Å². The molecule has 8 heteroatoms. The summed E-state index contributed by atoms with van der Waals surface area (Å²) >= 11 is 1.44. The zero-order valence-corrected chi connectivity index (χ0v) is 19.8. The number of unbranched alkanes of at least 4 members (excludes halogenated alkanes) is 2. The van der Waals surface area contributed by atoms with E-state index in [4.69, 9.17) is 0 Å². The molecule has 0 aliphatic carbocycles. The van der Waals surface area contributed by atoms with Crippen LogP contribution in [0.15, 0.2) is 60.7 Å². The summed E-state index contributed by atoms with van der Waals surface area (Å²) in [7, 11) is 0. The summed E-state index contributed by atoms with van der Waals surface area (Å²) in [4.78, 5) is 44.5. The summed E-state index contributed by atoms with van der Waals surface area (Å²) in [5.74, 6) is -0.114. The molecule has 0 atom stereocenters. The third-order valence-electron chi connectivity index (χ3n) is 5.69. The minimum absolute atomic E-state index is 0.0187. The van der Waals surface area contributed by atoms with Gasteiger partial charge in [0.15, 0.2) is 5.13 Å². The molecule has 0 fully saturated rings. The van der Waals surface area contributed by atoms with Crippen molar-refractivity contribution in [3.63, 3.8) is 0 Å². The molecule has 4 rings (SSSR count). The smallest absolute Gasteiger partial charge is 0.254 e. The van der Waals surface area contributed by atoms with Crippen LogP contribution in [0, 0.1) is 0 Å². The molecule has 0 saturated carbocycles. The maximum Gasteiger partial charge on any atom is 0.254 e. The van der Waals surface area contributed by atoms with E-state index in [1.54, 1.807) is 12.1 Å². The summed E-state index contributed by atoms with van der Waals surface area (Å²) in [5.41, 5.74) is 2.30. The Labute approximate surface area is 203 Å². The Morgan fingerprint density at radius 1 is 0.912 bits per heavy atom. The van der Waals surface area contributed by atoms with Gasteiger partial charge in [-0.25, -0.2) is 4.98 Å². The lowest BCUT2D eigenvalue weighted by molar-refractivity contribution is -0.116.